The van der Waals surface area contributed by atoms with E-state index in [1.54, 1.807) is 12.0 Å². The maximum absolute atomic E-state index is 13.4. The second-order valence-corrected chi connectivity index (χ2v) is 9.44. The summed E-state index contributed by atoms with van der Waals surface area (Å²) in [7, 11) is 1.74. The van der Waals surface area contributed by atoms with E-state index in [2.05, 4.69) is 4.98 Å². The number of ether oxygens (including phenoxy) is 1. The van der Waals surface area contributed by atoms with Gasteiger partial charge in [0.15, 0.2) is 0 Å². The predicted octanol–water partition coefficient (Wildman–Crippen LogP) is 2.71. The van der Waals surface area contributed by atoms with Crippen molar-refractivity contribution in [3.8, 4) is 0 Å². The van der Waals surface area contributed by atoms with Crippen molar-refractivity contribution >= 4 is 11.8 Å². The number of methoxy groups -OCH3 is 1. The first kappa shape index (κ1) is 23.0. The number of carbonyl (C=O) groups excluding carboxylic acids is 2. The second kappa shape index (κ2) is 10.1. The maximum atomic E-state index is 13.4. The third kappa shape index (κ3) is 4.75. The molecule has 1 N–H and O–H groups in total. The monoisotopic (exact) mass is 444 g/mol. The van der Waals surface area contributed by atoms with Crippen LogP contribution in [0.25, 0.3) is 0 Å². The van der Waals surface area contributed by atoms with E-state index in [0.29, 0.717) is 49.6 Å². The molecule has 2 aliphatic heterocycles. The molecule has 0 unspecified atom stereocenters. The van der Waals surface area contributed by atoms with Crippen molar-refractivity contribution in [1.82, 2.24) is 19.8 Å². The van der Waals surface area contributed by atoms with Gasteiger partial charge in [-0.15, -0.1) is 0 Å². The summed E-state index contributed by atoms with van der Waals surface area (Å²) in [5.74, 6) is 0.901. The third-order valence-corrected chi connectivity index (χ3v) is 7.37. The summed E-state index contributed by atoms with van der Waals surface area (Å²) < 4.78 is 5.46. The van der Waals surface area contributed by atoms with Crippen LogP contribution in [0.3, 0.4) is 0 Å². The first-order chi connectivity index (χ1) is 15.5. The van der Waals surface area contributed by atoms with Crippen LogP contribution in [0.4, 0.5) is 0 Å². The Morgan fingerprint density at radius 1 is 1.12 bits per heavy atom. The number of H-pyrrole nitrogens is 1. The number of likely N-dealkylation sites (tertiary alicyclic amines) is 1. The van der Waals surface area contributed by atoms with Crippen LogP contribution in [0.1, 0.15) is 87.8 Å². The number of hydrogen-bond acceptors (Lipinski definition) is 5. The number of aromatic nitrogens is 2. The quantitative estimate of drug-likeness (QED) is 0.753. The van der Waals surface area contributed by atoms with Gasteiger partial charge >= 0.3 is 0 Å². The lowest BCUT2D eigenvalue weighted by atomic mass is 9.85. The molecule has 1 aliphatic carbocycles. The van der Waals surface area contributed by atoms with E-state index in [0.717, 1.165) is 51.4 Å². The van der Waals surface area contributed by atoms with E-state index in [9.17, 15) is 14.4 Å². The SMILES string of the molecule is CCCC(=O)N1CCc2c(nc([C@@H]3CCCCN3C(=O)C3CCC(OC)CC3)[nH]c2=O)C1. The van der Waals surface area contributed by atoms with Gasteiger partial charge in [0, 0.05) is 38.1 Å². The number of piperidine rings is 1. The van der Waals surface area contributed by atoms with Crippen LogP contribution in [-0.2, 0) is 27.3 Å². The van der Waals surface area contributed by atoms with Crippen molar-refractivity contribution in [2.24, 2.45) is 5.92 Å². The summed E-state index contributed by atoms with van der Waals surface area (Å²) in [6.07, 6.45) is 8.44. The molecule has 1 aromatic heterocycles. The molecule has 2 fully saturated rings. The highest BCUT2D eigenvalue weighted by Crippen LogP contribution is 2.34. The smallest absolute Gasteiger partial charge is 0.254 e. The molecule has 4 rings (SSSR count). The van der Waals surface area contributed by atoms with E-state index in [1.165, 1.54) is 0 Å². The molecule has 0 spiro atoms. The first-order valence-electron chi connectivity index (χ1n) is 12.2. The number of rotatable bonds is 5. The Morgan fingerprint density at radius 3 is 2.62 bits per heavy atom. The topological polar surface area (TPSA) is 95.6 Å². The zero-order valence-electron chi connectivity index (χ0n) is 19.4. The molecule has 0 aromatic carbocycles. The lowest BCUT2D eigenvalue weighted by molar-refractivity contribution is -0.141. The van der Waals surface area contributed by atoms with E-state index >= 15 is 0 Å². The lowest BCUT2D eigenvalue weighted by Gasteiger charge is -2.39. The Morgan fingerprint density at radius 2 is 1.91 bits per heavy atom. The van der Waals surface area contributed by atoms with Crippen molar-refractivity contribution in [3.63, 3.8) is 0 Å². The minimum Gasteiger partial charge on any atom is -0.381 e. The fraction of sp³-hybridized carbons (Fsp3) is 0.750. The van der Waals surface area contributed by atoms with E-state index < -0.39 is 0 Å². The number of amides is 2. The van der Waals surface area contributed by atoms with Crippen molar-refractivity contribution < 1.29 is 14.3 Å². The normalized spacial score (nSPS) is 26.0. The molecule has 1 aromatic rings. The molecule has 3 aliphatic rings. The Bertz CT molecular complexity index is 890. The Hall–Kier alpha value is -2.22. The van der Waals surface area contributed by atoms with Crippen LogP contribution in [0, 0.1) is 5.92 Å². The molecule has 3 heterocycles. The molecule has 0 bridgehead atoms. The highest BCUT2D eigenvalue weighted by molar-refractivity contribution is 5.79. The minimum absolute atomic E-state index is 0.0218. The number of nitrogens with one attached hydrogen (secondary N) is 1. The summed E-state index contributed by atoms with van der Waals surface area (Å²) in [5.41, 5.74) is 1.25. The van der Waals surface area contributed by atoms with Crippen LogP contribution in [0.2, 0.25) is 0 Å². The van der Waals surface area contributed by atoms with Gasteiger partial charge in [0.2, 0.25) is 11.8 Å². The van der Waals surface area contributed by atoms with Gasteiger partial charge in [-0.3, -0.25) is 14.4 Å². The molecule has 1 saturated heterocycles. The second-order valence-electron chi connectivity index (χ2n) is 9.44. The summed E-state index contributed by atoms with van der Waals surface area (Å²) in [6, 6.07) is -0.198. The Balaban J connectivity index is 1.54. The van der Waals surface area contributed by atoms with Crippen molar-refractivity contribution in [2.75, 3.05) is 20.2 Å². The van der Waals surface area contributed by atoms with Crippen LogP contribution < -0.4 is 5.56 Å². The van der Waals surface area contributed by atoms with Crippen LogP contribution in [-0.4, -0.2) is 57.9 Å². The molecule has 8 heteroatoms. The number of fused-ring (bicyclic) bond motifs is 1. The Kier molecular flexibility index (Phi) is 7.28. The molecular formula is C24H36N4O4. The van der Waals surface area contributed by atoms with Crippen LogP contribution in [0.5, 0.6) is 0 Å². The van der Waals surface area contributed by atoms with Gasteiger partial charge in [-0.25, -0.2) is 4.98 Å². The fourth-order valence-electron chi connectivity index (χ4n) is 5.46. The predicted molar refractivity (Wildman–Crippen MR) is 120 cm³/mol. The average Bonchev–Trinajstić information content (AvgIpc) is 2.83. The minimum atomic E-state index is -0.198. The van der Waals surface area contributed by atoms with Crippen molar-refractivity contribution in [1.29, 1.82) is 0 Å². The van der Waals surface area contributed by atoms with E-state index in [-0.39, 0.29) is 35.4 Å². The first-order valence-corrected chi connectivity index (χ1v) is 12.2. The lowest BCUT2D eigenvalue weighted by Crippen LogP contribution is -2.45. The van der Waals surface area contributed by atoms with Gasteiger partial charge in [0.05, 0.1) is 24.4 Å². The number of aromatic amines is 1. The molecule has 32 heavy (non-hydrogen) atoms. The highest BCUT2D eigenvalue weighted by atomic mass is 16.5. The molecule has 0 radical (unpaired) electrons. The largest absolute Gasteiger partial charge is 0.381 e. The maximum Gasteiger partial charge on any atom is 0.254 e. The molecule has 1 saturated carbocycles. The van der Waals surface area contributed by atoms with Gasteiger partial charge in [-0.05, 0) is 57.8 Å². The Labute approximate surface area is 189 Å². The molecule has 8 nitrogen and oxygen atoms in total. The average molecular weight is 445 g/mol. The molecular weight excluding hydrogens is 408 g/mol. The molecule has 176 valence electrons. The van der Waals surface area contributed by atoms with Crippen molar-refractivity contribution in [3.05, 3.63) is 27.4 Å². The van der Waals surface area contributed by atoms with E-state index in [1.807, 2.05) is 11.8 Å². The van der Waals surface area contributed by atoms with Gasteiger partial charge in [-0.2, -0.15) is 0 Å². The number of hydrogen-bond donors (Lipinski definition) is 1. The van der Waals surface area contributed by atoms with Gasteiger partial charge in [0.1, 0.15) is 5.82 Å². The van der Waals surface area contributed by atoms with Gasteiger partial charge < -0.3 is 19.5 Å². The van der Waals surface area contributed by atoms with E-state index in [4.69, 9.17) is 9.72 Å². The van der Waals surface area contributed by atoms with Gasteiger partial charge in [-0.1, -0.05) is 6.92 Å². The molecule has 1 atom stereocenters. The summed E-state index contributed by atoms with van der Waals surface area (Å²) in [4.78, 5) is 50.3. The fourth-order valence-corrected chi connectivity index (χ4v) is 5.46. The molecule has 2 amide bonds. The number of nitrogens with zero attached hydrogens (tertiary/aromatic N) is 3. The summed E-state index contributed by atoms with van der Waals surface area (Å²) in [5, 5.41) is 0. The van der Waals surface area contributed by atoms with Crippen LogP contribution in [0.15, 0.2) is 4.79 Å². The van der Waals surface area contributed by atoms with Crippen LogP contribution >= 0.6 is 0 Å². The summed E-state index contributed by atoms with van der Waals surface area (Å²) in [6.45, 7) is 3.64. The zero-order valence-corrected chi connectivity index (χ0v) is 19.4. The summed E-state index contributed by atoms with van der Waals surface area (Å²) >= 11 is 0. The van der Waals surface area contributed by atoms with Crippen molar-refractivity contribution in [2.45, 2.75) is 89.8 Å². The third-order valence-electron chi connectivity index (χ3n) is 7.37. The van der Waals surface area contributed by atoms with Gasteiger partial charge in [0.25, 0.3) is 5.56 Å². The number of carbonyl (C=O) groups is 2. The standard InChI is InChI=1S/C24H36N4O4/c1-3-6-21(29)27-14-12-18-19(15-27)25-22(26-23(18)30)20-7-4-5-13-28(20)24(31)16-8-10-17(32-2)11-9-16/h16-17,20H,3-15H2,1-2H3,(H,25,26,30)/t16?,17?,20-/m0/s1. The highest BCUT2D eigenvalue weighted by Gasteiger charge is 2.36. The zero-order chi connectivity index (χ0) is 22.7.